The zero-order valence-electron chi connectivity index (χ0n) is 18.0. The van der Waals surface area contributed by atoms with Crippen LogP contribution in [0.4, 0.5) is 15.9 Å². The first-order valence-corrected chi connectivity index (χ1v) is 10.4. The van der Waals surface area contributed by atoms with Gasteiger partial charge >= 0.3 is 5.97 Å². The molecule has 0 bridgehead atoms. The van der Waals surface area contributed by atoms with Crippen LogP contribution in [0.1, 0.15) is 52.9 Å². The van der Waals surface area contributed by atoms with Gasteiger partial charge in [-0.25, -0.2) is 9.37 Å². The van der Waals surface area contributed by atoms with Crippen LogP contribution < -0.4 is 15.5 Å². The van der Waals surface area contributed by atoms with Crippen LogP contribution in [-0.2, 0) is 19.1 Å². The van der Waals surface area contributed by atoms with Gasteiger partial charge in [0.05, 0.1) is 23.9 Å². The molecule has 2 saturated heterocycles. The normalized spacial score (nSPS) is 21.5. The molecule has 0 aliphatic carbocycles. The summed E-state index contributed by atoms with van der Waals surface area (Å²) in [6.07, 6.45) is 2.44. The number of rotatable bonds is 5. The van der Waals surface area contributed by atoms with E-state index < -0.39 is 34.9 Å². The maximum Gasteiger partial charge on any atom is 0.309 e. The number of nitrogens with zero attached hydrogens (tertiary/aromatic N) is 2. The fraction of sp³-hybridized carbons (Fsp3) is 0.619. The van der Waals surface area contributed by atoms with Gasteiger partial charge in [0.15, 0.2) is 11.6 Å². The fourth-order valence-electron chi connectivity index (χ4n) is 3.73. The molecular formula is C21H29FN4O5. The van der Waals surface area contributed by atoms with Gasteiger partial charge in [0, 0.05) is 25.6 Å². The highest BCUT2D eigenvalue weighted by Gasteiger charge is 2.37. The Morgan fingerprint density at radius 2 is 2.06 bits per heavy atom. The molecule has 3 N–H and O–H groups in total. The van der Waals surface area contributed by atoms with Crippen LogP contribution in [0.15, 0.2) is 12.3 Å². The quantitative estimate of drug-likeness (QED) is 0.469. The van der Waals surface area contributed by atoms with Crippen LogP contribution in [0.3, 0.4) is 0 Å². The Bertz CT molecular complexity index is 862. The summed E-state index contributed by atoms with van der Waals surface area (Å²) in [5.74, 6) is -1.64. The van der Waals surface area contributed by atoms with Crippen molar-refractivity contribution in [2.24, 2.45) is 0 Å². The second kappa shape index (κ2) is 8.78. The lowest BCUT2D eigenvalue weighted by molar-refractivity contribution is -0.161. The van der Waals surface area contributed by atoms with E-state index in [1.807, 2.05) is 0 Å². The Balaban J connectivity index is 1.57. The number of aliphatic hydroxyl groups is 1. The van der Waals surface area contributed by atoms with Crippen molar-refractivity contribution in [1.82, 2.24) is 10.3 Å². The molecule has 2 amide bonds. The highest BCUT2D eigenvalue weighted by Crippen LogP contribution is 2.31. The van der Waals surface area contributed by atoms with E-state index in [-0.39, 0.29) is 37.4 Å². The summed E-state index contributed by atoms with van der Waals surface area (Å²) < 4.78 is 20.0. The van der Waals surface area contributed by atoms with E-state index >= 15 is 0 Å². The van der Waals surface area contributed by atoms with Gasteiger partial charge in [-0.1, -0.05) is 0 Å². The number of nitrogens with one attached hydrogen (secondary N) is 2. The second-order valence-corrected chi connectivity index (χ2v) is 9.15. The lowest BCUT2D eigenvalue weighted by Gasteiger charge is -2.38. The van der Waals surface area contributed by atoms with E-state index in [4.69, 9.17) is 4.74 Å². The maximum atomic E-state index is 14.7. The molecule has 0 radical (unpaired) electrons. The Morgan fingerprint density at radius 1 is 1.39 bits per heavy atom. The molecule has 31 heavy (non-hydrogen) atoms. The number of carbonyl (C=O) groups is 3. The topological polar surface area (TPSA) is 121 Å². The lowest BCUT2D eigenvalue weighted by atomic mass is 9.88. The summed E-state index contributed by atoms with van der Waals surface area (Å²) in [5.41, 5.74) is -1.47. The van der Waals surface area contributed by atoms with Crippen LogP contribution in [0, 0.1) is 5.82 Å². The van der Waals surface area contributed by atoms with E-state index in [1.165, 1.54) is 12.3 Å². The van der Waals surface area contributed by atoms with Gasteiger partial charge in [0.2, 0.25) is 11.8 Å². The van der Waals surface area contributed by atoms with Gasteiger partial charge in [-0.15, -0.1) is 0 Å². The highest BCUT2D eigenvalue weighted by molar-refractivity contribution is 6.01. The van der Waals surface area contributed by atoms with Crippen molar-refractivity contribution in [3.63, 3.8) is 0 Å². The molecule has 10 heteroatoms. The summed E-state index contributed by atoms with van der Waals surface area (Å²) in [6.45, 7) is 5.98. The molecule has 0 spiro atoms. The predicted molar refractivity (Wildman–Crippen MR) is 111 cm³/mol. The molecule has 2 aliphatic rings. The third-order valence-corrected chi connectivity index (χ3v) is 5.29. The van der Waals surface area contributed by atoms with Crippen molar-refractivity contribution >= 4 is 29.3 Å². The maximum absolute atomic E-state index is 14.7. The Morgan fingerprint density at radius 3 is 2.65 bits per heavy atom. The summed E-state index contributed by atoms with van der Waals surface area (Å²) in [4.78, 5) is 41.0. The highest BCUT2D eigenvalue weighted by atomic mass is 19.1. The van der Waals surface area contributed by atoms with Gasteiger partial charge in [-0.3, -0.25) is 19.7 Å². The number of ether oxygens (including phenoxy) is 1. The Hall–Kier alpha value is -2.75. The number of anilines is 2. The number of imide groups is 1. The predicted octanol–water partition coefficient (Wildman–Crippen LogP) is 1.50. The van der Waals surface area contributed by atoms with Gasteiger partial charge in [0.1, 0.15) is 11.6 Å². The molecule has 3 rings (SSSR count). The molecule has 2 aliphatic heterocycles. The van der Waals surface area contributed by atoms with Gasteiger partial charge < -0.3 is 20.1 Å². The number of carbonyl (C=O) groups excluding carboxylic acids is 3. The number of pyridine rings is 1. The number of piperidine rings is 2. The zero-order valence-corrected chi connectivity index (χ0v) is 18.0. The van der Waals surface area contributed by atoms with Crippen LogP contribution >= 0.6 is 0 Å². The van der Waals surface area contributed by atoms with Gasteiger partial charge in [0.25, 0.3) is 0 Å². The van der Waals surface area contributed by atoms with E-state index in [9.17, 15) is 23.9 Å². The number of amides is 2. The zero-order chi connectivity index (χ0) is 22.8. The van der Waals surface area contributed by atoms with Gasteiger partial charge in [-0.2, -0.15) is 0 Å². The molecule has 1 atom stereocenters. The minimum absolute atomic E-state index is 0.108. The van der Waals surface area contributed by atoms with E-state index in [0.717, 1.165) is 0 Å². The minimum atomic E-state index is -1.19. The van der Waals surface area contributed by atoms with Crippen molar-refractivity contribution in [3.05, 3.63) is 18.1 Å². The van der Waals surface area contributed by atoms with Crippen LogP contribution in [-0.4, -0.2) is 58.2 Å². The van der Waals surface area contributed by atoms with Crippen molar-refractivity contribution in [3.8, 4) is 0 Å². The molecule has 3 heterocycles. The number of hydrogen-bond acceptors (Lipinski definition) is 8. The van der Waals surface area contributed by atoms with Crippen LogP contribution in [0.2, 0.25) is 0 Å². The Labute approximate surface area is 180 Å². The molecule has 170 valence electrons. The van der Waals surface area contributed by atoms with E-state index in [1.54, 1.807) is 25.7 Å². The average molecular weight is 436 g/mol. The summed E-state index contributed by atoms with van der Waals surface area (Å²) in [6, 6.07) is 0.635. The molecule has 1 unspecified atom stereocenters. The van der Waals surface area contributed by atoms with Crippen molar-refractivity contribution in [2.75, 3.05) is 23.3 Å². The number of aromatic nitrogens is 1. The average Bonchev–Trinajstić information content (AvgIpc) is 2.63. The van der Waals surface area contributed by atoms with Crippen LogP contribution in [0.25, 0.3) is 0 Å². The fourth-order valence-corrected chi connectivity index (χ4v) is 3.73. The van der Waals surface area contributed by atoms with Gasteiger partial charge in [-0.05, 0) is 40.0 Å². The van der Waals surface area contributed by atoms with Crippen molar-refractivity contribution in [2.45, 2.75) is 70.1 Å². The van der Waals surface area contributed by atoms with E-state index in [2.05, 4.69) is 15.6 Å². The first-order chi connectivity index (χ1) is 14.4. The molecule has 1 aromatic rings. The van der Waals surface area contributed by atoms with Crippen LogP contribution in [0.5, 0.6) is 0 Å². The molecule has 9 nitrogen and oxygen atoms in total. The third-order valence-electron chi connectivity index (χ3n) is 5.29. The molecule has 0 aromatic carbocycles. The van der Waals surface area contributed by atoms with Crippen molar-refractivity contribution < 1.29 is 28.6 Å². The van der Waals surface area contributed by atoms with Crippen molar-refractivity contribution in [1.29, 1.82) is 0 Å². The molecular weight excluding hydrogens is 407 g/mol. The first-order valence-electron chi connectivity index (χ1n) is 10.4. The molecule has 1 aromatic heterocycles. The second-order valence-electron chi connectivity index (χ2n) is 9.15. The number of hydrogen-bond donors (Lipinski definition) is 3. The minimum Gasteiger partial charge on any atom is -0.460 e. The molecule has 0 saturated carbocycles. The standard InChI is InChI=1S/C21H29FN4O5/c1-20(2,3)31-17(28)11-21(30)6-8-26(9-7-21)18-14(22)10-13(12-23-18)24-15-4-5-16(27)25-19(15)29/h10,12,15,24,30H,4-9,11H2,1-3H3,(H,25,27,29). The largest absolute Gasteiger partial charge is 0.460 e. The van der Waals surface area contributed by atoms with E-state index in [0.29, 0.717) is 25.2 Å². The number of halogens is 1. The lowest BCUT2D eigenvalue weighted by Crippen LogP contribution is -2.47. The summed E-state index contributed by atoms with van der Waals surface area (Å²) in [7, 11) is 0. The molecule has 2 fully saturated rings. The number of esters is 1. The first kappa shape index (κ1) is 22.9. The summed E-state index contributed by atoms with van der Waals surface area (Å²) >= 11 is 0. The summed E-state index contributed by atoms with van der Waals surface area (Å²) in [5, 5.41) is 15.9. The Kier molecular flexibility index (Phi) is 6.49. The monoisotopic (exact) mass is 436 g/mol. The SMILES string of the molecule is CC(C)(C)OC(=O)CC1(O)CCN(c2ncc(NC3CCC(=O)NC3=O)cc2F)CC1. The smallest absolute Gasteiger partial charge is 0.309 e. The third kappa shape index (κ3) is 6.13.